The number of carboxylic acids is 1. The van der Waals surface area contributed by atoms with Gasteiger partial charge in [0.25, 0.3) is 0 Å². The van der Waals surface area contributed by atoms with Crippen LogP contribution in [-0.2, 0) is 4.79 Å². The molecular weight excluding hydrogens is 236 g/mol. The van der Waals surface area contributed by atoms with Crippen molar-refractivity contribution in [2.24, 2.45) is 0 Å². The minimum atomic E-state index is -0.760. The number of carboxylic acid groups (broad SMARTS) is 1. The van der Waals surface area contributed by atoms with Crippen molar-refractivity contribution in [3.63, 3.8) is 0 Å². The molecule has 0 aliphatic carbocycles. The summed E-state index contributed by atoms with van der Waals surface area (Å²) in [6, 6.07) is 18.4. The molecule has 0 bridgehead atoms. The van der Waals surface area contributed by atoms with Crippen LogP contribution in [0.1, 0.15) is 18.4 Å². The highest BCUT2D eigenvalue weighted by atomic mass is 16.4. The molecule has 0 unspecified atom stereocenters. The maximum absolute atomic E-state index is 10.4. The SMILES string of the molecule is O=C(O)CCC=Cc1ccc(-c2ccccc2)cc1. The van der Waals surface area contributed by atoms with Crippen LogP contribution < -0.4 is 0 Å². The summed E-state index contributed by atoms with van der Waals surface area (Å²) in [6.07, 6.45) is 4.59. The van der Waals surface area contributed by atoms with Gasteiger partial charge in [-0.1, -0.05) is 66.7 Å². The van der Waals surface area contributed by atoms with Crippen LogP contribution in [0.3, 0.4) is 0 Å². The second kappa shape index (κ2) is 6.55. The lowest BCUT2D eigenvalue weighted by atomic mass is 10.0. The first-order chi connectivity index (χ1) is 9.25. The van der Waals surface area contributed by atoms with Crippen molar-refractivity contribution in [2.75, 3.05) is 0 Å². The quantitative estimate of drug-likeness (QED) is 0.864. The third kappa shape index (κ3) is 4.11. The van der Waals surface area contributed by atoms with E-state index in [2.05, 4.69) is 24.3 Å². The summed E-state index contributed by atoms with van der Waals surface area (Å²) >= 11 is 0. The van der Waals surface area contributed by atoms with Gasteiger partial charge < -0.3 is 5.11 Å². The standard InChI is InChI=1S/C17H16O2/c18-17(19)9-5-4-6-14-10-12-16(13-11-14)15-7-2-1-3-8-15/h1-4,6-8,10-13H,5,9H2,(H,18,19). The molecule has 0 fully saturated rings. The molecule has 2 aromatic rings. The Labute approximate surface area is 113 Å². The smallest absolute Gasteiger partial charge is 0.303 e. The fourth-order valence-corrected chi connectivity index (χ4v) is 1.84. The van der Waals surface area contributed by atoms with E-state index in [1.807, 2.05) is 42.5 Å². The van der Waals surface area contributed by atoms with Crippen LogP contribution in [0.15, 0.2) is 60.7 Å². The molecule has 19 heavy (non-hydrogen) atoms. The van der Waals surface area contributed by atoms with Crippen LogP contribution in [0.25, 0.3) is 17.2 Å². The van der Waals surface area contributed by atoms with Crippen LogP contribution in [0.5, 0.6) is 0 Å². The van der Waals surface area contributed by atoms with E-state index in [1.54, 1.807) is 0 Å². The van der Waals surface area contributed by atoms with E-state index < -0.39 is 5.97 Å². The van der Waals surface area contributed by atoms with Gasteiger partial charge in [0.2, 0.25) is 0 Å². The van der Waals surface area contributed by atoms with Gasteiger partial charge in [-0.05, 0) is 23.1 Å². The Kier molecular flexibility index (Phi) is 4.51. The molecule has 96 valence electrons. The van der Waals surface area contributed by atoms with E-state index in [1.165, 1.54) is 11.1 Å². The molecule has 1 N–H and O–H groups in total. The normalized spacial score (nSPS) is 10.7. The Morgan fingerprint density at radius 1 is 0.947 bits per heavy atom. The van der Waals surface area contributed by atoms with Gasteiger partial charge in [0.05, 0.1) is 0 Å². The highest BCUT2D eigenvalue weighted by Gasteiger charge is 1.96. The minimum Gasteiger partial charge on any atom is -0.481 e. The van der Waals surface area contributed by atoms with E-state index >= 15 is 0 Å². The molecule has 2 rings (SSSR count). The van der Waals surface area contributed by atoms with Crippen LogP contribution in [0.2, 0.25) is 0 Å². The summed E-state index contributed by atoms with van der Waals surface area (Å²) in [5.41, 5.74) is 3.47. The number of hydrogen-bond donors (Lipinski definition) is 1. The maximum atomic E-state index is 10.4. The van der Waals surface area contributed by atoms with Crippen molar-refractivity contribution in [3.05, 3.63) is 66.2 Å². The first-order valence-electron chi connectivity index (χ1n) is 6.29. The molecule has 0 aliphatic rings. The van der Waals surface area contributed by atoms with E-state index in [0.717, 1.165) is 5.56 Å². The molecule has 0 saturated carbocycles. The van der Waals surface area contributed by atoms with E-state index in [0.29, 0.717) is 6.42 Å². The van der Waals surface area contributed by atoms with Crippen molar-refractivity contribution in [1.29, 1.82) is 0 Å². The lowest BCUT2D eigenvalue weighted by Crippen LogP contribution is -1.91. The third-order valence-electron chi connectivity index (χ3n) is 2.85. The summed E-state index contributed by atoms with van der Waals surface area (Å²) in [7, 11) is 0. The molecule has 0 aromatic heterocycles. The molecule has 0 amide bonds. The van der Waals surface area contributed by atoms with Gasteiger partial charge in [0, 0.05) is 6.42 Å². The number of rotatable bonds is 5. The number of hydrogen-bond acceptors (Lipinski definition) is 1. The minimum absolute atomic E-state index is 0.179. The van der Waals surface area contributed by atoms with Gasteiger partial charge in [-0.15, -0.1) is 0 Å². The Bertz CT molecular complexity index is 554. The van der Waals surface area contributed by atoms with Gasteiger partial charge >= 0.3 is 5.97 Å². The molecule has 2 heteroatoms. The summed E-state index contributed by atoms with van der Waals surface area (Å²) in [5, 5.41) is 8.54. The molecule has 0 radical (unpaired) electrons. The van der Waals surface area contributed by atoms with Gasteiger partial charge in [-0.2, -0.15) is 0 Å². The summed E-state index contributed by atoms with van der Waals surface area (Å²) in [5.74, 6) is -0.760. The maximum Gasteiger partial charge on any atom is 0.303 e. The Morgan fingerprint density at radius 2 is 1.58 bits per heavy atom. The van der Waals surface area contributed by atoms with Crippen molar-refractivity contribution >= 4 is 12.0 Å². The molecule has 0 atom stereocenters. The second-order valence-electron chi connectivity index (χ2n) is 4.32. The van der Waals surface area contributed by atoms with Crippen molar-refractivity contribution < 1.29 is 9.90 Å². The average Bonchev–Trinajstić information content (AvgIpc) is 2.45. The zero-order valence-corrected chi connectivity index (χ0v) is 10.6. The van der Waals surface area contributed by atoms with Crippen LogP contribution >= 0.6 is 0 Å². The highest BCUT2D eigenvalue weighted by Crippen LogP contribution is 2.19. The van der Waals surface area contributed by atoms with Crippen molar-refractivity contribution in [3.8, 4) is 11.1 Å². The van der Waals surface area contributed by atoms with Crippen molar-refractivity contribution in [1.82, 2.24) is 0 Å². The van der Waals surface area contributed by atoms with E-state index in [4.69, 9.17) is 5.11 Å². The predicted octanol–water partition coefficient (Wildman–Crippen LogP) is 4.23. The van der Waals surface area contributed by atoms with Crippen LogP contribution in [0, 0.1) is 0 Å². The fraction of sp³-hybridized carbons (Fsp3) is 0.118. The summed E-state index contributed by atoms with van der Waals surface area (Å²) in [6.45, 7) is 0. The Hall–Kier alpha value is -2.35. The molecule has 0 aliphatic heterocycles. The number of carbonyl (C=O) groups is 1. The monoisotopic (exact) mass is 252 g/mol. The van der Waals surface area contributed by atoms with Crippen LogP contribution in [-0.4, -0.2) is 11.1 Å². The first kappa shape index (κ1) is 13.1. The lowest BCUT2D eigenvalue weighted by Gasteiger charge is -2.01. The Morgan fingerprint density at radius 3 is 2.21 bits per heavy atom. The second-order valence-corrected chi connectivity index (χ2v) is 4.32. The van der Waals surface area contributed by atoms with E-state index in [-0.39, 0.29) is 6.42 Å². The lowest BCUT2D eigenvalue weighted by molar-refractivity contribution is -0.136. The van der Waals surface area contributed by atoms with Crippen LogP contribution in [0.4, 0.5) is 0 Å². The van der Waals surface area contributed by atoms with Gasteiger partial charge in [-0.3, -0.25) is 4.79 Å². The number of aliphatic carboxylic acids is 1. The molecule has 2 nitrogen and oxygen atoms in total. The zero-order valence-electron chi connectivity index (χ0n) is 10.6. The Balaban J connectivity index is 2.01. The summed E-state index contributed by atoms with van der Waals surface area (Å²) < 4.78 is 0. The highest BCUT2D eigenvalue weighted by molar-refractivity contribution is 5.67. The average molecular weight is 252 g/mol. The molecule has 0 heterocycles. The fourth-order valence-electron chi connectivity index (χ4n) is 1.84. The first-order valence-corrected chi connectivity index (χ1v) is 6.29. The molecule has 2 aromatic carbocycles. The molecule has 0 saturated heterocycles. The summed E-state index contributed by atoms with van der Waals surface area (Å²) in [4.78, 5) is 10.4. The number of benzene rings is 2. The molecular formula is C17H16O2. The van der Waals surface area contributed by atoms with Gasteiger partial charge in [0.1, 0.15) is 0 Å². The largest absolute Gasteiger partial charge is 0.481 e. The third-order valence-corrected chi connectivity index (χ3v) is 2.85. The topological polar surface area (TPSA) is 37.3 Å². The number of allylic oxidation sites excluding steroid dienone is 1. The predicted molar refractivity (Wildman–Crippen MR) is 77.8 cm³/mol. The zero-order chi connectivity index (χ0) is 13.5. The van der Waals surface area contributed by atoms with Gasteiger partial charge in [0.15, 0.2) is 0 Å². The van der Waals surface area contributed by atoms with E-state index in [9.17, 15) is 4.79 Å². The van der Waals surface area contributed by atoms with Gasteiger partial charge in [-0.25, -0.2) is 0 Å². The van der Waals surface area contributed by atoms with Crippen molar-refractivity contribution in [2.45, 2.75) is 12.8 Å². The molecule has 0 spiro atoms.